The molecule has 0 aromatic carbocycles. The number of hydrogen-bond acceptors (Lipinski definition) is 21. The van der Waals surface area contributed by atoms with Crippen molar-refractivity contribution < 1.29 is 90.3 Å². The number of nitrogen functional groups attached to an aromatic ring is 1. The minimum Gasteiger partial charge on any atom is -0.463 e. The Balaban J connectivity index is 1.77. The van der Waals surface area contributed by atoms with Gasteiger partial charge in [0.05, 0.1) is 12.9 Å². The second kappa shape index (κ2) is 18.3. The van der Waals surface area contributed by atoms with Crippen LogP contribution in [-0.4, -0.2) is 131 Å². The zero-order valence-electron chi connectivity index (χ0n) is 28.4. The number of aliphatic hydroxyl groups excluding tert-OH is 3. The molecule has 0 amide bonds. The van der Waals surface area contributed by atoms with Crippen LogP contribution in [0.5, 0.6) is 0 Å². The van der Waals surface area contributed by atoms with Crippen molar-refractivity contribution in [1.29, 1.82) is 0 Å². The number of carbonyl (C=O) groups is 4. The number of anilines is 1. The lowest BCUT2D eigenvalue weighted by Gasteiger charge is -2.37. The van der Waals surface area contributed by atoms with Gasteiger partial charge in [-0.05, 0) is 11.8 Å². The molecule has 7 N–H and O–H groups in total. The molecule has 12 atom stereocenters. The predicted molar refractivity (Wildman–Crippen MR) is 173 cm³/mol. The number of ether oxygens (including phenoxy) is 5. The van der Waals surface area contributed by atoms with Crippen LogP contribution in [0.25, 0.3) is 11.2 Å². The highest BCUT2D eigenvalue weighted by Crippen LogP contribution is 2.61. The van der Waals surface area contributed by atoms with Crippen LogP contribution in [0.2, 0.25) is 0 Å². The van der Waals surface area contributed by atoms with Gasteiger partial charge in [0.15, 0.2) is 29.9 Å². The monoisotopic (exact) mass is 821 g/mol. The number of fused-ring (bicyclic) bond motifs is 1. The first-order valence-electron chi connectivity index (χ1n) is 15.1. The van der Waals surface area contributed by atoms with E-state index in [0.717, 1.165) is 40.9 Å². The van der Waals surface area contributed by atoms with Crippen molar-refractivity contribution in [2.45, 2.75) is 89.9 Å². The summed E-state index contributed by atoms with van der Waals surface area (Å²) in [6.45, 7) is -2.00. The van der Waals surface area contributed by atoms with E-state index >= 15 is 4.39 Å². The molecule has 1 aliphatic heterocycles. The highest BCUT2D eigenvalue weighted by Gasteiger charge is 2.49. The molecule has 0 bridgehead atoms. The second-order valence-corrected chi connectivity index (χ2v) is 15.7. The van der Waals surface area contributed by atoms with E-state index < -0.39 is 113 Å². The number of nitrogens with zero attached hydrogens (tertiary/aromatic N) is 4. The molecule has 1 fully saturated rings. The minimum absolute atomic E-state index is 0.0186. The first-order valence-corrected chi connectivity index (χ1v) is 19.2. The largest absolute Gasteiger partial charge is 0.481 e. The van der Waals surface area contributed by atoms with Crippen LogP contribution in [0, 0.1) is 5.92 Å². The summed E-state index contributed by atoms with van der Waals surface area (Å²) >= 11 is 4.77. The van der Waals surface area contributed by atoms with Crippen molar-refractivity contribution in [3.05, 3.63) is 12.7 Å². The van der Waals surface area contributed by atoms with E-state index in [1.165, 1.54) is 10.9 Å². The van der Waals surface area contributed by atoms with Crippen LogP contribution in [0.3, 0.4) is 0 Å². The number of phosphoric acid groups is 1. The zero-order chi connectivity index (χ0) is 40.0. The van der Waals surface area contributed by atoms with Gasteiger partial charge in [0.2, 0.25) is 6.29 Å². The van der Waals surface area contributed by atoms with Crippen molar-refractivity contribution in [2.24, 2.45) is 5.92 Å². The first kappa shape index (κ1) is 44.1. The third-order valence-corrected chi connectivity index (χ3v) is 10.7. The summed E-state index contributed by atoms with van der Waals surface area (Å²) in [5.41, 5.74) is 6.06. The summed E-state index contributed by atoms with van der Waals surface area (Å²) in [5.74, 6) is -5.86. The summed E-state index contributed by atoms with van der Waals surface area (Å²) in [6.07, 6.45) is -15.2. The fraction of sp³-hybridized carbons (Fsp3) is 0.654. The lowest BCUT2D eigenvalue weighted by Crippen LogP contribution is -2.54. The zero-order valence-corrected chi connectivity index (χ0v) is 31.0. The summed E-state index contributed by atoms with van der Waals surface area (Å²) < 4.78 is 69.0. The van der Waals surface area contributed by atoms with Gasteiger partial charge in [-0.2, -0.15) is 0 Å². The number of esters is 4. The summed E-state index contributed by atoms with van der Waals surface area (Å²) in [4.78, 5) is 80.2. The molecule has 1 aliphatic rings. The first-order chi connectivity index (χ1) is 24.5. The Hall–Kier alpha value is -3.32. The van der Waals surface area contributed by atoms with E-state index in [1.54, 1.807) is 0 Å². The molecule has 27 heteroatoms. The van der Waals surface area contributed by atoms with E-state index in [0.29, 0.717) is 0 Å². The maximum Gasteiger partial charge on any atom is 0.481 e. The van der Waals surface area contributed by atoms with Gasteiger partial charge in [0, 0.05) is 33.6 Å². The van der Waals surface area contributed by atoms with Gasteiger partial charge in [-0.3, -0.25) is 28.3 Å². The van der Waals surface area contributed by atoms with Crippen LogP contribution < -0.4 is 5.73 Å². The smallest absolute Gasteiger partial charge is 0.463 e. The van der Waals surface area contributed by atoms with Crippen LogP contribution in [0.1, 0.15) is 40.8 Å². The molecule has 23 nitrogen and oxygen atoms in total. The van der Waals surface area contributed by atoms with E-state index in [9.17, 15) is 48.8 Å². The standard InChI is InChI=1S/C26H38FN5O18P2S/c1-10(15(27)6-43-11(2)33)20(45-12(3)34)21(46-13(4)35)22(47-14(5)36)26(39)49-51(40,41)50-52(42,53)44-7-16-18(37)19(38)25(48-16)32-9-31-17-23(28)29-8-30-24(17)32/h8-10,15-16,18-22,25-26,37-39H,6-7H2,1-5H3,(H,40,41)(H,42,53)(H2,28,29,30)/t10?,15-,16?,18?,19?,20?,21?,22?,25?,26?,52?/m0/s1. The summed E-state index contributed by atoms with van der Waals surface area (Å²) in [6, 6.07) is 0. The number of nitrogens with two attached hydrogens (primary N) is 1. The molecule has 11 unspecified atom stereocenters. The number of rotatable bonds is 18. The van der Waals surface area contributed by atoms with Crippen molar-refractivity contribution in [3.8, 4) is 0 Å². The number of hydrogen-bond donors (Lipinski definition) is 6. The number of aromatic nitrogens is 4. The fourth-order valence-corrected chi connectivity index (χ4v) is 7.96. The molecule has 1 saturated heterocycles. The molecular formula is C26H38FN5O18P2S. The lowest BCUT2D eigenvalue weighted by molar-refractivity contribution is -0.219. The highest BCUT2D eigenvalue weighted by molar-refractivity contribution is 8.08. The molecule has 0 spiro atoms. The quantitative estimate of drug-likeness (QED) is 0.0457. The predicted octanol–water partition coefficient (Wildman–Crippen LogP) is -0.954. The van der Waals surface area contributed by atoms with Gasteiger partial charge in [-0.1, -0.05) is 6.92 Å². The molecule has 3 rings (SSSR count). The van der Waals surface area contributed by atoms with Crippen molar-refractivity contribution in [1.82, 2.24) is 19.5 Å². The Kier molecular flexibility index (Phi) is 15.3. The van der Waals surface area contributed by atoms with Crippen LogP contribution in [0.15, 0.2) is 12.7 Å². The number of aliphatic hydroxyl groups is 3. The Bertz CT molecular complexity index is 1740. The Morgan fingerprint density at radius 1 is 0.981 bits per heavy atom. The fourth-order valence-electron chi connectivity index (χ4n) is 4.90. The molecule has 3 heterocycles. The van der Waals surface area contributed by atoms with E-state index in [1.807, 2.05) is 0 Å². The van der Waals surface area contributed by atoms with Crippen molar-refractivity contribution in [3.63, 3.8) is 0 Å². The molecule has 53 heavy (non-hydrogen) atoms. The highest BCUT2D eigenvalue weighted by atomic mass is 32.5. The second-order valence-electron chi connectivity index (χ2n) is 11.3. The number of carbonyl (C=O) groups excluding carboxylic acids is 4. The van der Waals surface area contributed by atoms with Gasteiger partial charge in [-0.25, -0.2) is 28.2 Å². The van der Waals surface area contributed by atoms with E-state index in [2.05, 4.69) is 28.5 Å². The maximum atomic E-state index is 15.1. The normalized spacial score (nSPS) is 24.4. The van der Waals surface area contributed by atoms with Gasteiger partial charge in [0.1, 0.15) is 49.0 Å². The third-order valence-electron chi connectivity index (χ3n) is 7.22. The summed E-state index contributed by atoms with van der Waals surface area (Å²) in [7, 11) is -5.78. The lowest BCUT2D eigenvalue weighted by atomic mass is 9.91. The van der Waals surface area contributed by atoms with Crippen LogP contribution in [-0.2, 0) is 72.6 Å². The summed E-state index contributed by atoms with van der Waals surface area (Å²) in [5, 5.41) is 32.1. The molecule has 0 saturated carbocycles. The average Bonchev–Trinajstić information content (AvgIpc) is 3.58. The maximum absolute atomic E-state index is 15.1. The Morgan fingerprint density at radius 3 is 2.15 bits per heavy atom. The SMILES string of the molecule is CC(=O)OC[C@H](F)C(C)C(OC(C)=O)C(OC(C)=O)C(OC(C)=O)C(O)OP(=O)(O)OP(O)(=S)OCC1OC(n2cnc3c(N)ncnc32)C(O)C1O. The molecule has 0 radical (unpaired) electrons. The number of alkyl halides is 1. The number of halogens is 1. The third kappa shape index (κ3) is 12.1. The van der Waals surface area contributed by atoms with Crippen molar-refractivity contribution in [2.75, 3.05) is 18.9 Å². The Morgan fingerprint density at radius 2 is 1.57 bits per heavy atom. The van der Waals surface area contributed by atoms with E-state index in [-0.39, 0.29) is 17.0 Å². The van der Waals surface area contributed by atoms with Crippen LogP contribution >= 0.6 is 14.5 Å². The van der Waals surface area contributed by atoms with Gasteiger partial charge in [-0.15, -0.1) is 0 Å². The molecule has 2 aromatic rings. The van der Waals surface area contributed by atoms with Crippen molar-refractivity contribution >= 4 is 67.2 Å². The van der Waals surface area contributed by atoms with E-state index in [4.69, 9.17) is 41.0 Å². The van der Waals surface area contributed by atoms with Gasteiger partial charge in [0.25, 0.3) is 0 Å². The topological polar surface area (TPSA) is 330 Å². The Labute approximate surface area is 304 Å². The van der Waals surface area contributed by atoms with Crippen LogP contribution in [0.4, 0.5) is 10.2 Å². The molecule has 2 aromatic heterocycles. The number of phosphoric ester groups is 1. The minimum atomic E-state index is -5.78. The van der Waals surface area contributed by atoms with Gasteiger partial charge >= 0.3 is 38.4 Å². The van der Waals surface area contributed by atoms with Gasteiger partial charge < -0.3 is 59.0 Å². The number of imidazole rings is 1. The molecular weight excluding hydrogens is 783 g/mol. The molecule has 298 valence electrons. The average molecular weight is 822 g/mol. The molecule has 0 aliphatic carbocycles.